The fourth-order valence-corrected chi connectivity index (χ4v) is 1.51. The monoisotopic (exact) mass is 212 g/mol. The minimum absolute atomic E-state index is 0.0230. The van der Waals surface area contributed by atoms with Gasteiger partial charge in [-0.15, -0.1) is 0 Å². The Balaban J connectivity index is 3.07. The summed E-state index contributed by atoms with van der Waals surface area (Å²) in [7, 11) is 0. The summed E-state index contributed by atoms with van der Waals surface area (Å²) in [5.74, 6) is -1.86. The number of halogens is 1. The molecular formula is C11H13FO3. The Bertz CT molecular complexity index is 388. The Hall–Kier alpha value is -1.58. The predicted molar refractivity (Wildman–Crippen MR) is 53.5 cm³/mol. The second kappa shape index (κ2) is 4.29. The second-order valence-electron chi connectivity index (χ2n) is 3.66. The van der Waals surface area contributed by atoms with E-state index in [4.69, 9.17) is 5.11 Å². The summed E-state index contributed by atoms with van der Waals surface area (Å²) < 4.78 is 13.0. The molecule has 0 amide bonds. The molecule has 0 aliphatic rings. The first-order chi connectivity index (χ1) is 6.91. The summed E-state index contributed by atoms with van der Waals surface area (Å²) in [6.07, 6.45) is -0.129. The molecule has 0 bridgehead atoms. The number of aromatic hydroxyl groups is 1. The van der Waals surface area contributed by atoms with Crippen molar-refractivity contribution in [2.24, 2.45) is 0 Å². The number of carboxylic acid groups (broad SMARTS) is 1. The van der Waals surface area contributed by atoms with Gasteiger partial charge in [-0.2, -0.15) is 0 Å². The molecule has 1 aromatic carbocycles. The second-order valence-corrected chi connectivity index (χ2v) is 3.66. The van der Waals surface area contributed by atoms with Gasteiger partial charge in [0.1, 0.15) is 11.6 Å². The van der Waals surface area contributed by atoms with Crippen LogP contribution in [-0.4, -0.2) is 16.2 Å². The number of phenolic OH excluding ortho intramolecular Hbond substituents is 1. The van der Waals surface area contributed by atoms with Gasteiger partial charge >= 0.3 is 5.97 Å². The average molecular weight is 212 g/mol. The van der Waals surface area contributed by atoms with Crippen molar-refractivity contribution < 1.29 is 19.4 Å². The highest BCUT2D eigenvalue weighted by atomic mass is 19.1. The minimum Gasteiger partial charge on any atom is -0.507 e. The molecule has 1 rings (SSSR count). The summed E-state index contributed by atoms with van der Waals surface area (Å²) in [6, 6.07) is 2.39. The summed E-state index contributed by atoms with van der Waals surface area (Å²) in [5.41, 5.74) is 0.761. The topological polar surface area (TPSA) is 57.5 Å². The fraction of sp³-hybridized carbons (Fsp3) is 0.364. The molecule has 2 N–H and O–H groups in total. The molecule has 15 heavy (non-hydrogen) atoms. The highest BCUT2D eigenvalue weighted by Gasteiger charge is 2.16. The van der Waals surface area contributed by atoms with Gasteiger partial charge in [-0.25, -0.2) is 4.39 Å². The lowest BCUT2D eigenvalue weighted by Gasteiger charge is -2.13. The van der Waals surface area contributed by atoms with E-state index in [9.17, 15) is 14.3 Å². The Morgan fingerprint density at radius 1 is 1.53 bits per heavy atom. The van der Waals surface area contributed by atoms with Crippen LogP contribution in [0.5, 0.6) is 5.75 Å². The van der Waals surface area contributed by atoms with E-state index in [0.29, 0.717) is 11.1 Å². The lowest BCUT2D eigenvalue weighted by Crippen LogP contribution is -2.04. The quantitative estimate of drug-likeness (QED) is 0.808. The Kier molecular flexibility index (Phi) is 3.29. The van der Waals surface area contributed by atoms with Crippen LogP contribution in [0.1, 0.15) is 30.4 Å². The molecule has 3 nitrogen and oxygen atoms in total. The van der Waals surface area contributed by atoms with Crippen LogP contribution < -0.4 is 0 Å². The van der Waals surface area contributed by atoms with E-state index in [1.807, 2.05) is 0 Å². The number of hydrogen-bond acceptors (Lipinski definition) is 2. The maximum atomic E-state index is 13.0. The molecule has 0 aromatic heterocycles. The van der Waals surface area contributed by atoms with Crippen LogP contribution in [0.15, 0.2) is 12.1 Å². The first kappa shape index (κ1) is 11.5. The van der Waals surface area contributed by atoms with Crippen LogP contribution in [0.4, 0.5) is 4.39 Å². The van der Waals surface area contributed by atoms with Crippen LogP contribution in [0.3, 0.4) is 0 Å². The normalized spacial score (nSPS) is 12.5. The van der Waals surface area contributed by atoms with E-state index >= 15 is 0 Å². The number of carbonyl (C=O) groups is 1. The molecular weight excluding hydrogens is 199 g/mol. The molecule has 0 fully saturated rings. The Morgan fingerprint density at radius 2 is 2.13 bits per heavy atom. The van der Waals surface area contributed by atoms with Gasteiger partial charge in [0.05, 0.1) is 6.42 Å². The SMILES string of the molecule is Cc1cc(F)cc(C(C)CC(=O)O)c1O. The van der Waals surface area contributed by atoms with E-state index in [1.54, 1.807) is 13.8 Å². The van der Waals surface area contributed by atoms with Gasteiger partial charge in [0.15, 0.2) is 0 Å². The van der Waals surface area contributed by atoms with Crippen molar-refractivity contribution in [2.45, 2.75) is 26.2 Å². The van der Waals surface area contributed by atoms with Crippen molar-refractivity contribution >= 4 is 5.97 Å². The highest BCUT2D eigenvalue weighted by molar-refractivity contribution is 5.68. The molecule has 0 saturated heterocycles. The minimum atomic E-state index is -0.969. The third-order valence-electron chi connectivity index (χ3n) is 2.31. The number of benzene rings is 1. The van der Waals surface area contributed by atoms with E-state index < -0.39 is 17.7 Å². The van der Waals surface area contributed by atoms with Crippen LogP contribution in [-0.2, 0) is 4.79 Å². The smallest absolute Gasteiger partial charge is 0.303 e. The fourth-order valence-electron chi connectivity index (χ4n) is 1.51. The van der Waals surface area contributed by atoms with Crippen molar-refractivity contribution in [3.63, 3.8) is 0 Å². The summed E-state index contributed by atoms with van der Waals surface area (Å²) >= 11 is 0. The van der Waals surface area contributed by atoms with Crippen LogP contribution >= 0.6 is 0 Å². The zero-order chi connectivity index (χ0) is 11.6. The first-order valence-electron chi connectivity index (χ1n) is 4.62. The number of phenols is 1. The predicted octanol–water partition coefficient (Wildman–Crippen LogP) is 2.42. The molecule has 0 aliphatic carbocycles. The molecule has 0 spiro atoms. The third kappa shape index (κ3) is 2.68. The molecule has 0 saturated carbocycles. The van der Waals surface area contributed by atoms with Crippen LogP contribution in [0, 0.1) is 12.7 Å². The van der Waals surface area contributed by atoms with Gasteiger partial charge < -0.3 is 10.2 Å². The standard InChI is InChI=1S/C11H13FO3/c1-6(4-10(13)14)9-5-8(12)3-7(2)11(9)15/h3,5-6,15H,4H2,1-2H3,(H,13,14). The summed E-state index contributed by atoms with van der Waals surface area (Å²) in [4.78, 5) is 10.5. The Labute approximate surface area is 87.2 Å². The molecule has 1 aromatic rings. The number of hydrogen-bond donors (Lipinski definition) is 2. The maximum Gasteiger partial charge on any atom is 0.303 e. The lowest BCUT2D eigenvalue weighted by atomic mass is 9.95. The van der Waals surface area contributed by atoms with E-state index in [1.165, 1.54) is 12.1 Å². The molecule has 1 unspecified atom stereocenters. The number of carboxylic acids is 1. The highest BCUT2D eigenvalue weighted by Crippen LogP contribution is 2.31. The van der Waals surface area contributed by atoms with Gasteiger partial charge in [0, 0.05) is 5.56 Å². The average Bonchev–Trinajstić information content (AvgIpc) is 2.09. The molecule has 0 aliphatic heterocycles. The number of aliphatic carboxylic acids is 1. The molecule has 0 radical (unpaired) electrons. The molecule has 0 heterocycles. The summed E-state index contributed by atoms with van der Waals surface area (Å²) in [5, 5.41) is 18.2. The molecule has 4 heteroatoms. The van der Waals surface area contributed by atoms with Crippen LogP contribution in [0.2, 0.25) is 0 Å². The number of aryl methyl sites for hydroxylation is 1. The van der Waals surface area contributed by atoms with Crippen molar-refractivity contribution in [1.82, 2.24) is 0 Å². The first-order valence-corrected chi connectivity index (χ1v) is 4.62. The lowest BCUT2D eigenvalue weighted by molar-refractivity contribution is -0.137. The molecule has 82 valence electrons. The van der Waals surface area contributed by atoms with Gasteiger partial charge in [-0.05, 0) is 30.5 Å². The van der Waals surface area contributed by atoms with Gasteiger partial charge in [0.25, 0.3) is 0 Å². The van der Waals surface area contributed by atoms with Crippen LogP contribution in [0.25, 0.3) is 0 Å². The van der Waals surface area contributed by atoms with Gasteiger partial charge in [-0.3, -0.25) is 4.79 Å². The van der Waals surface area contributed by atoms with E-state index in [-0.39, 0.29) is 12.2 Å². The number of rotatable bonds is 3. The Morgan fingerprint density at radius 3 is 2.67 bits per heavy atom. The zero-order valence-electron chi connectivity index (χ0n) is 8.62. The maximum absolute atomic E-state index is 13.0. The van der Waals surface area contributed by atoms with E-state index in [2.05, 4.69) is 0 Å². The van der Waals surface area contributed by atoms with Crippen molar-refractivity contribution in [3.05, 3.63) is 29.1 Å². The summed E-state index contributed by atoms with van der Waals surface area (Å²) in [6.45, 7) is 3.22. The van der Waals surface area contributed by atoms with Gasteiger partial charge in [-0.1, -0.05) is 6.92 Å². The molecule has 1 atom stereocenters. The van der Waals surface area contributed by atoms with Crippen molar-refractivity contribution in [2.75, 3.05) is 0 Å². The third-order valence-corrected chi connectivity index (χ3v) is 2.31. The largest absolute Gasteiger partial charge is 0.507 e. The van der Waals surface area contributed by atoms with Crippen molar-refractivity contribution in [3.8, 4) is 5.75 Å². The van der Waals surface area contributed by atoms with Gasteiger partial charge in [0.2, 0.25) is 0 Å². The zero-order valence-corrected chi connectivity index (χ0v) is 8.62. The van der Waals surface area contributed by atoms with Crippen molar-refractivity contribution in [1.29, 1.82) is 0 Å². The van der Waals surface area contributed by atoms with E-state index in [0.717, 1.165) is 0 Å².